The van der Waals surface area contributed by atoms with Gasteiger partial charge in [0.05, 0.1) is 6.54 Å². The smallest absolute Gasteiger partial charge is 0.191 e. The first-order chi connectivity index (χ1) is 15.1. The molecule has 0 amide bonds. The molecule has 9 heteroatoms. The Morgan fingerprint density at radius 1 is 1.12 bits per heavy atom. The average molecular weight is 552 g/mol. The van der Waals surface area contributed by atoms with Gasteiger partial charge < -0.3 is 20.1 Å². The molecule has 0 aliphatic carbocycles. The minimum absolute atomic E-state index is 0. The Hall–Kier alpha value is -2.69. The van der Waals surface area contributed by atoms with Crippen LogP contribution in [0, 0.1) is 11.6 Å². The summed E-state index contributed by atoms with van der Waals surface area (Å²) in [6.07, 6.45) is 4.50. The molecule has 2 heterocycles. The molecule has 1 aromatic heterocycles. The number of nitrogens with zero attached hydrogens (tertiary/aromatic N) is 4. The van der Waals surface area contributed by atoms with Gasteiger partial charge in [-0.1, -0.05) is 36.4 Å². The van der Waals surface area contributed by atoms with Crippen molar-refractivity contribution in [3.05, 3.63) is 83.9 Å². The maximum atomic E-state index is 14.1. The fraction of sp³-hybridized carbons (Fsp3) is 0.304. The number of imidazole rings is 1. The quantitative estimate of drug-likeness (QED) is 0.278. The van der Waals surface area contributed by atoms with E-state index < -0.39 is 11.6 Å². The molecule has 1 aliphatic rings. The SMILES string of the molecule is CN=C(NCc1nccn1Cc1ccccc1)NC1CCN(c2c(F)cccc2F)C1.I. The highest BCUT2D eigenvalue weighted by atomic mass is 127. The van der Waals surface area contributed by atoms with Gasteiger partial charge in [-0.2, -0.15) is 0 Å². The lowest BCUT2D eigenvalue weighted by Crippen LogP contribution is -2.44. The van der Waals surface area contributed by atoms with Crippen molar-refractivity contribution in [2.24, 2.45) is 4.99 Å². The second kappa shape index (κ2) is 11.3. The lowest BCUT2D eigenvalue weighted by Gasteiger charge is -2.21. The average Bonchev–Trinajstić information content (AvgIpc) is 3.41. The highest BCUT2D eigenvalue weighted by Crippen LogP contribution is 2.26. The minimum Gasteiger partial charge on any atom is -0.365 e. The lowest BCUT2D eigenvalue weighted by molar-refractivity contribution is 0.575. The van der Waals surface area contributed by atoms with Gasteiger partial charge in [-0.15, -0.1) is 24.0 Å². The van der Waals surface area contributed by atoms with Crippen LogP contribution in [-0.4, -0.2) is 41.7 Å². The Balaban J connectivity index is 0.00000289. The third kappa shape index (κ3) is 5.76. The fourth-order valence-electron chi connectivity index (χ4n) is 3.85. The zero-order chi connectivity index (χ0) is 21.6. The number of anilines is 1. The van der Waals surface area contributed by atoms with Crippen LogP contribution in [0.2, 0.25) is 0 Å². The highest BCUT2D eigenvalue weighted by molar-refractivity contribution is 14.0. The van der Waals surface area contributed by atoms with Crippen molar-refractivity contribution < 1.29 is 8.78 Å². The Kier molecular flexibility index (Phi) is 8.43. The lowest BCUT2D eigenvalue weighted by atomic mass is 10.2. The fourth-order valence-corrected chi connectivity index (χ4v) is 3.85. The molecule has 1 fully saturated rings. The summed E-state index contributed by atoms with van der Waals surface area (Å²) in [6.45, 7) is 2.34. The monoisotopic (exact) mass is 552 g/mol. The molecule has 6 nitrogen and oxygen atoms in total. The minimum atomic E-state index is -0.534. The predicted molar refractivity (Wildman–Crippen MR) is 133 cm³/mol. The first kappa shape index (κ1) is 24.0. The molecule has 170 valence electrons. The zero-order valence-corrected chi connectivity index (χ0v) is 20.2. The van der Waals surface area contributed by atoms with Crippen molar-refractivity contribution in [2.45, 2.75) is 25.6 Å². The Bertz CT molecular complexity index is 1020. The van der Waals surface area contributed by atoms with Crippen molar-refractivity contribution in [2.75, 3.05) is 25.0 Å². The molecule has 4 rings (SSSR count). The van der Waals surface area contributed by atoms with E-state index in [4.69, 9.17) is 0 Å². The van der Waals surface area contributed by atoms with Gasteiger partial charge in [0.15, 0.2) is 5.96 Å². The Labute approximate surface area is 203 Å². The van der Waals surface area contributed by atoms with Crippen LogP contribution < -0.4 is 15.5 Å². The van der Waals surface area contributed by atoms with Gasteiger partial charge in [0.1, 0.15) is 23.1 Å². The van der Waals surface area contributed by atoms with Crippen LogP contribution in [0.25, 0.3) is 0 Å². The van der Waals surface area contributed by atoms with Crippen LogP contribution in [-0.2, 0) is 13.1 Å². The Morgan fingerprint density at radius 3 is 2.59 bits per heavy atom. The summed E-state index contributed by atoms with van der Waals surface area (Å²) >= 11 is 0. The first-order valence-electron chi connectivity index (χ1n) is 10.3. The number of para-hydroxylation sites is 1. The number of nitrogens with one attached hydrogen (secondary N) is 2. The molecule has 0 spiro atoms. The van der Waals surface area contributed by atoms with Crippen LogP contribution >= 0.6 is 24.0 Å². The second-order valence-electron chi connectivity index (χ2n) is 7.53. The molecule has 1 saturated heterocycles. The van der Waals surface area contributed by atoms with E-state index in [1.807, 2.05) is 24.4 Å². The van der Waals surface area contributed by atoms with Crippen molar-refractivity contribution in [1.82, 2.24) is 20.2 Å². The molecule has 0 radical (unpaired) electrons. The van der Waals surface area contributed by atoms with E-state index in [-0.39, 0.29) is 35.7 Å². The number of benzene rings is 2. The molecule has 32 heavy (non-hydrogen) atoms. The van der Waals surface area contributed by atoms with E-state index in [9.17, 15) is 8.78 Å². The van der Waals surface area contributed by atoms with Gasteiger partial charge in [0.2, 0.25) is 0 Å². The van der Waals surface area contributed by atoms with E-state index in [0.29, 0.717) is 25.6 Å². The number of guanidine groups is 1. The van der Waals surface area contributed by atoms with Gasteiger partial charge in [-0.3, -0.25) is 4.99 Å². The predicted octanol–water partition coefficient (Wildman–Crippen LogP) is 3.77. The van der Waals surface area contributed by atoms with Crippen molar-refractivity contribution in [3.8, 4) is 0 Å². The van der Waals surface area contributed by atoms with E-state index in [2.05, 4.69) is 37.3 Å². The van der Waals surface area contributed by atoms with Gasteiger partial charge in [-0.25, -0.2) is 13.8 Å². The molecular formula is C23H27F2IN6. The number of hydrogen-bond acceptors (Lipinski definition) is 3. The van der Waals surface area contributed by atoms with Crippen molar-refractivity contribution >= 4 is 35.6 Å². The third-order valence-electron chi connectivity index (χ3n) is 5.42. The summed E-state index contributed by atoms with van der Waals surface area (Å²) in [5, 5.41) is 6.64. The van der Waals surface area contributed by atoms with Crippen LogP contribution in [0.15, 0.2) is 65.9 Å². The highest BCUT2D eigenvalue weighted by Gasteiger charge is 2.27. The number of aliphatic imine (C=N–C) groups is 1. The summed E-state index contributed by atoms with van der Waals surface area (Å²) < 4.78 is 30.3. The molecule has 1 atom stereocenters. The number of hydrogen-bond donors (Lipinski definition) is 2. The van der Waals surface area contributed by atoms with Crippen molar-refractivity contribution in [3.63, 3.8) is 0 Å². The summed E-state index contributed by atoms with van der Waals surface area (Å²) in [7, 11) is 1.70. The van der Waals surface area contributed by atoms with Crippen LogP contribution in [0.4, 0.5) is 14.5 Å². The number of aromatic nitrogens is 2. The van der Waals surface area contributed by atoms with Gasteiger partial charge >= 0.3 is 0 Å². The molecule has 1 unspecified atom stereocenters. The summed E-state index contributed by atoms with van der Waals surface area (Å²) in [6, 6.07) is 14.2. The standard InChI is InChI=1S/C23H26F2N6.HI/c1-26-23(28-14-21-27-11-13-30(21)15-17-6-3-2-4-7-17)29-18-10-12-31(16-18)22-19(24)8-5-9-20(22)25;/h2-9,11,13,18H,10,12,14-16H2,1H3,(H2,26,28,29);1H. The molecule has 0 bridgehead atoms. The largest absolute Gasteiger partial charge is 0.365 e. The van der Waals surface area contributed by atoms with Gasteiger partial charge in [0.25, 0.3) is 0 Å². The van der Waals surface area contributed by atoms with Gasteiger partial charge in [-0.05, 0) is 24.1 Å². The van der Waals surface area contributed by atoms with Crippen LogP contribution in [0.5, 0.6) is 0 Å². The molecule has 2 aromatic carbocycles. The summed E-state index contributed by atoms with van der Waals surface area (Å²) in [4.78, 5) is 10.5. The Morgan fingerprint density at radius 2 is 1.88 bits per heavy atom. The van der Waals surface area contributed by atoms with Crippen molar-refractivity contribution in [1.29, 1.82) is 0 Å². The summed E-state index contributed by atoms with van der Waals surface area (Å²) in [5.41, 5.74) is 1.24. The zero-order valence-electron chi connectivity index (χ0n) is 17.8. The topological polar surface area (TPSA) is 57.5 Å². The molecule has 2 N–H and O–H groups in total. The maximum absolute atomic E-state index is 14.1. The molecule has 1 aliphatic heterocycles. The van der Waals surface area contributed by atoms with E-state index in [0.717, 1.165) is 18.8 Å². The van der Waals surface area contributed by atoms with E-state index >= 15 is 0 Å². The first-order valence-corrected chi connectivity index (χ1v) is 10.3. The van der Waals surface area contributed by atoms with E-state index in [1.54, 1.807) is 18.1 Å². The second-order valence-corrected chi connectivity index (χ2v) is 7.53. The number of rotatable bonds is 6. The summed E-state index contributed by atoms with van der Waals surface area (Å²) in [5.74, 6) is 0.463. The van der Waals surface area contributed by atoms with Crippen LogP contribution in [0.3, 0.4) is 0 Å². The molecule has 0 saturated carbocycles. The molecular weight excluding hydrogens is 525 g/mol. The maximum Gasteiger partial charge on any atom is 0.191 e. The molecule has 3 aromatic rings. The normalized spacial score (nSPS) is 16.0. The van der Waals surface area contributed by atoms with Gasteiger partial charge in [0, 0.05) is 45.1 Å². The number of halogens is 3. The van der Waals surface area contributed by atoms with E-state index in [1.165, 1.54) is 23.8 Å². The van der Waals surface area contributed by atoms with Crippen LogP contribution in [0.1, 0.15) is 17.8 Å². The third-order valence-corrected chi connectivity index (χ3v) is 5.42.